The van der Waals surface area contributed by atoms with Crippen molar-refractivity contribution < 1.29 is 9.59 Å². The molecule has 0 radical (unpaired) electrons. The topological polar surface area (TPSA) is 65.0 Å². The first-order valence-corrected chi connectivity index (χ1v) is 8.98. The lowest BCUT2D eigenvalue weighted by Gasteiger charge is -2.23. The monoisotopic (exact) mass is 344 g/mol. The number of nitrogens with one attached hydrogen (secondary N) is 1. The first-order valence-electron chi connectivity index (χ1n) is 8.98. The Labute approximate surface area is 149 Å². The molecule has 1 aromatic carbocycles. The predicted octanol–water partition coefficient (Wildman–Crippen LogP) is 1.86. The van der Waals surface area contributed by atoms with E-state index in [2.05, 4.69) is 22.2 Å². The lowest BCUT2D eigenvalue weighted by Crippen LogP contribution is -2.42. The summed E-state index contributed by atoms with van der Waals surface area (Å²) in [5, 5.41) is 8.55. The number of hydrazone groups is 1. The van der Waals surface area contributed by atoms with E-state index in [0.29, 0.717) is 19.4 Å². The van der Waals surface area contributed by atoms with Gasteiger partial charge in [0.2, 0.25) is 11.8 Å². The minimum Gasteiger partial charge on any atom is -0.353 e. The van der Waals surface area contributed by atoms with Crippen LogP contribution in [0.2, 0.25) is 0 Å². The van der Waals surface area contributed by atoms with Crippen molar-refractivity contribution >= 4 is 17.5 Å². The third kappa shape index (κ3) is 6.31. The molecule has 0 aromatic heterocycles. The van der Waals surface area contributed by atoms with Gasteiger partial charge >= 0.3 is 0 Å². The Kier molecular flexibility index (Phi) is 7.60. The average Bonchev–Trinajstić information content (AvgIpc) is 2.62. The summed E-state index contributed by atoms with van der Waals surface area (Å²) in [4.78, 5) is 26.3. The molecule has 1 heterocycles. The zero-order valence-electron chi connectivity index (χ0n) is 15.2. The van der Waals surface area contributed by atoms with E-state index in [1.807, 2.05) is 37.4 Å². The van der Waals surface area contributed by atoms with Gasteiger partial charge in [-0.2, -0.15) is 5.10 Å². The number of hydrogen-bond donors (Lipinski definition) is 1. The van der Waals surface area contributed by atoms with Crippen LogP contribution in [-0.4, -0.2) is 60.7 Å². The van der Waals surface area contributed by atoms with Gasteiger partial charge < -0.3 is 10.2 Å². The number of amides is 2. The number of nitrogens with zero attached hydrogens (tertiary/aromatic N) is 3. The molecule has 6 heteroatoms. The molecule has 0 aliphatic carbocycles. The molecule has 1 aliphatic heterocycles. The Morgan fingerprint density at radius 1 is 1.24 bits per heavy atom. The summed E-state index contributed by atoms with van der Waals surface area (Å²) < 4.78 is 0. The van der Waals surface area contributed by atoms with Gasteiger partial charge in [0.05, 0.1) is 5.71 Å². The molecule has 0 spiro atoms. The van der Waals surface area contributed by atoms with Gasteiger partial charge in [-0.1, -0.05) is 43.7 Å². The summed E-state index contributed by atoms with van der Waals surface area (Å²) in [7, 11) is 2.05. The molecule has 0 saturated carbocycles. The summed E-state index contributed by atoms with van der Waals surface area (Å²) in [6.07, 6.45) is 3.32. The lowest BCUT2D eigenvalue weighted by atomic mass is 10.0. The zero-order valence-corrected chi connectivity index (χ0v) is 15.2. The Morgan fingerprint density at radius 2 is 2.00 bits per heavy atom. The van der Waals surface area contributed by atoms with Crippen molar-refractivity contribution in [3.8, 4) is 0 Å². The van der Waals surface area contributed by atoms with Crippen LogP contribution in [-0.2, 0) is 9.59 Å². The highest BCUT2D eigenvalue weighted by molar-refractivity contribution is 6.04. The van der Waals surface area contributed by atoms with E-state index in [4.69, 9.17) is 0 Å². The Balaban J connectivity index is 1.83. The van der Waals surface area contributed by atoms with Crippen molar-refractivity contribution in [1.29, 1.82) is 0 Å². The number of rotatable bonds is 9. The van der Waals surface area contributed by atoms with Crippen LogP contribution in [0.3, 0.4) is 0 Å². The SMILES string of the molecule is CCCCN(C)CCNC(=O)CN1N=C(c2ccccc2)CCC1=O. The third-order valence-electron chi connectivity index (χ3n) is 4.21. The minimum atomic E-state index is -0.171. The van der Waals surface area contributed by atoms with E-state index < -0.39 is 0 Å². The highest BCUT2D eigenvalue weighted by Crippen LogP contribution is 2.14. The second-order valence-corrected chi connectivity index (χ2v) is 6.37. The van der Waals surface area contributed by atoms with Crippen LogP contribution in [0.15, 0.2) is 35.4 Å². The molecule has 1 aromatic rings. The second kappa shape index (κ2) is 9.93. The molecule has 2 rings (SSSR count). The van der Waals surface area contributed by atoms with Gasteiger partial charge in [-0.3, -0.25) is 9.59 Å². The first-order chi connectivity index (χ1) is 12.1. The second-order valence-electron chi connectivity index (χ2n) is 6.37. The molecule has 0 bridgehead atoms. The fourth-order valence-electron chi connectivity index (χ4n) is 2.68. The van der Waals surface area contributed by atoms with Crippen LogP contribution in [0.5, 0.6) is 0 Å². The van der Waals surface area contributed by atoms with Crippen molar-refractivity contribution in [2.45, 2.75) is 32.6 Å². The van der Waals surface area contributed by atoms with Gasteiger partial charge in [-0.05, 0) is 25.6 Å². The summed E-state index contributed by atoms with van der Waals surface area (Å²) in [5.41, 5.74) is 1.85. The normalized spacial score (nSPS) is 14.6. The standard InChI is InChI=1S/C19H28N4O2/c1-3-4-13-22(2)14-12-20-18(24)15-23-19(25)11-10-17(21-23)16-8-6-5-7-9-16/h5-9H,3-4,10-15H2,1-2H3,(H,20,24). The van der Waals surface area contributed by atoms with E-state index in [1.165, 1.54) is 5.01 Å². The van der Waals surface area contributed by atoms with Crippen LogP contribution >= 0.6 is 0 Å². The van der Waals surface area contributed by atoms with Crippen molar-refractivity contribution in [2.75, 3.05) is 33.2 Å². The summed E-state index contributed by atoms with van der Waals surface area (Å²) in [6, 6.07) is 9.78. The summed E-state index contributed by atoms with van der Waals surface area (Å²) in [5.74, 6) is -0.273. The summed E-state index contributed by atoms with van der Waals surface area (Å²) >= 11 is 0. The molecule has 0 saturated heterocycles. The molecule has 0 atom stereocenters. The average molecular weight is 344 g/mol. The number of carbonyl (C=O) groups excluding carboxylic acids is 2. The van der Waals surface area contributed by atoms with Crippen molar-refractivity contribution in [3.63, 3.8) is 0 Å². The van der Waals surface area contributed by atoms with Gasteiger partial charge in [0.1, 0.15) is 6.54 Å². The van der Waals surface area contributed by atoms with Crippen molar-refractivity contribution in [3.05, 3.63) is 35.9 Å². The van der Waals surface area contributed by atoms with E-state index >= 15 is 0 Å². The molecule has 6 nitrogen and oxygen atoms in total. The van der Waals surface area contributed by atoms with Crippen LogP contribution in [0.4, 0.5) is 0 Å². The zero-order chi connectivity index (χ0) is 18.1. The molecule has 0 unspecified atom stereocenters. The molecule has 1 N–H and O–H groups in total. The van der Waals surface area contributed by atoms with Crippen LogP contribution in [0, 0.1) is 0 Å². The van der Waals surface area contributed by atoms with Crippen LogP contribution in [0.25, 0.3) is 0 Å². The number of hydrogen-bond acceptors (Lipinski definition) is 4. The van der Waals surface area contributed by atoms with Crippen LogP contribution < -0.4 is 5.32 Å². The molecular formula is C19H28N4O2. The maximum Gasteiger partial charge on any atom is 0.243 e. The van der Waals surface area contributed by atoms with E-state index in [-0.39, 0.29) is 18.4 Å². The first kappa shape index (κ1) is 19.1. The van der Waals surface area contributed by atoms with Crippen molar-refractivity contribution in [1.82, 2.24) is 15.2 Å². The maximum atomic E-state index is 12.1. The fourth-order valence-corrected chi connectivity index (χ4v) is 2.68. The largest absolute Gasteiger partial charge is 0.353 e. The van der Waals surface area contributed by atoms with E-state index in [0.717, 1.165) is 37.2 Å². The van der Waals surface area contributed by atoms with Gasteiger partial charge in [-0.15, -0.1) is 0 Å². The Bertz CT molecular complexity index is 601. The molecule has 25 heavy (non-hydrogen) atoms. The quantitative estimate of drug-likeness (QED) is 0.744. The van der Waals surface area contributed by atoms with Crippen LogP contribution in [0.1, 0.15) is 38.2 Å². The third-order valence-corrected chi connectivity index (χ3v) is 4.21. The molecule has 0 fully saturated rings. The predicted molar refractivity (Wildman–Crippen MR) is 99.3 cm³/mol. The minimum absolute atomic E-state index is 0.0200. The molecular weight excluding hydrogens is 316 g/mol. The lowest BCUT2D eigenvalue weighted by molar-refractivity contribution is -0.136. The molecule has 136 valence electrons. The molecule has 2 amide bonds. The number of carbonyl (C=O) groups is 2. The number of unbranched alkanes of at least 4 members (excludes halogenated alkanes) is 1. The molecule has 1 aliphatic rings. The Hall–Kier alpha value is -2.21. The summed E-state index contributed by atoms with van der Waals surface area (Å²) in [6.45, 7) is 4.56. The van der Waals surface area contributed by atoms with Gasteiger partial charge in [0.15, 0.2) is 0 Å². The Morgan fingerprint density at radius 3 is 2.72 bits per heavy atom. The highest BCUT2D eigenvalue weighted by Gasteiger charge is 2.23. The van der Waals surface area contributed by atoms with Gasteiger partial charge in [-0.25, -0.2) is 5.01 Å². The van der Waals surface area contributed by atoms with Crippen molar-refractivity contribution in [2.24, 2.45) is 5.10 Å². The number of benzene rings is 1. The highest BCUT2D eigenvalue weighted by atomic mass is 16.2. The fraction of sp³-hybridized carbons (Fsp3) is 0.526. The smallest absolute Gasteiger partial charge is 0.243 e. The van der Waals surface area contributed by atoms with Gasteiger partial charge in [0.25, 0.3) is 0 Å². The maximum absolute atomic E-state index is 12.1. The van der Waals surface area contributed by atoms with E-state index in [9.17, 15) is 9.59 Å². The van der Waals surface area contributed by atoms with E-state index in [1.54, 1.807) is 0 Å². The number of likely N-dealkylation sites (N-methyl/N-ethyl adjacent to an activating group) is 1. The van der Waals surface area contributed by atoms with Gasteiger partial charge in [0, 0.05) is 25.9 Å².